The maximum Gasteiger partial charge on any atom is 0.270 e. The molecule has 5 nitrogen and oxygen atoms in total. The van der Waals surface area contributed by atoms with E-state index in [0.29, 0.717) is 29.8 Å². The molecule has 0 radical (unpaired) electrons. The highest BCUT2D eigenvalue weighted by molar-refractivity contribution is 5.93. The van der Waals surface area contributed by atoms with Crippen LogP contribution in [0.5, 0.6) is 0 Å². The van der Waals surface area contributed by atoms with Crippen molar-refractivity contribution in [3.05, 3.63) is 42.1 Å². The molecule has 1 aromatic carbocycles. The molecule has 134 valence electrons. The van der Waals surface area contributed by atoms with Gasteiger partial charge < -0.3 is 10.6 Å². The van der Waals surface area contributed by atoms with Gasteiger partial charge in [0.15, 0.2) is 5.82 Å². The lowest BCUT2D eigenvalue weighted by molar-refractivity contribution is 0.0948. The van der Waals surface area contributed by atoms with E-state index in [0.717, 1.165) is 31.4 Å². The number of benzene rings is 1. The Labute approximate surface area is 150 Å². The monoisotopic (exact) mass is 340 g/mol. The molecule has 0 aliphatic heterocycles. The first-order valence-corrected chi connectivity index (χ1v) is 9.06. The van der Waals surface area contributed by atoms with Gasteiger partial charge >= 0.3 is 0 Å². The molecule has 1 amide bonds. The Kier molecular flexibility index (Phi) is 7.38. The predicted octanol–water partition coefficient (Wildman–Crippen LogP) is 4.13. The number of nitrogens with zero attached hydrogens (tertiary/aromatic N) is 2. The van der Waals surface area contributed by atoms with Crippen LogP contribution in [0.25, 0.3) is 11.4 Å². The van der Waals surface area contributed by atoms with Crippen molar-refractivity contribution < 1.29 is 4.79 Å². The Hall–Kier alpha value is -2.43. The normalized spacial score (nSPS) is 10.7. The van der Waals surface area contributed by atoms with Crippen LogP contribution in [0.3, 0.4) is 0 Å². The van der Waals surface area contributed by atoms with Crippen molar-refractivity contribution >= 4 is 11.7 Å². The summed E-state index contributed by atoms with van der Waals surface area (Å²) >= 11 is 0. The second kappa shape index (κ2) is 9.77. The lowest BCUT2D eigenvalue weighted by Gasteiger charge is -2.11. The van der Waals surface area contributed by atoms with Crippen molar-refractivity contribution in [3.63, 3.8) is 0 Å². The molecule has 2 rings (SSSR count). The summed E-state index contributed by atoms with van der Waals surface area (Å²) in [4.78, 5) is 21.4. The summed E-state index contributed by atoms with van der Waals surface area (Å²) in [5.74, 6) is 1.71. The molecule has 5 heteroatoms. The third kappa shape index (κ3) is 6.18. The van der Waals surface area contributed by atoms with Crippen LogP contribution >= 0.6 is 0 Å². The molecule has 1 aromatic heterocycles. The molecule has 0 bridgehead atoms. The number of nitrogens with one attached hydrogen (secondary N) is 2. The van der Waals surface area contributed by atoms with Gasteiger partial charge in [-0.15, -0.1) is 0 Å². The van der Waals surface area contributed by atoms with Crippen molar-refractivity contribution in [2.45, 2.75) is 40.0 Å². The van der Waals surface area contributed by atoms with Gasteiger partial charge in [0.05, 0.1) is 0 Å². The molecule has 2 aromatic rings. The Morgan fingerprint density at radius 1 is 1.12 bits per heavy atom. The number of carbonyl (C=O) groups is 1. The van der Waals surface area contributed by atoms with Crippen LogP contribution in [-0.4, -0.2) is 29.0 Å². The Balaban J connectivity index is 2.23. The molecule has 0 fully saturated rings. The number of aromatic nitrogens is 2. The second-order valence-electron chi connectivity index (χ2n) is 6.55. The summed E-state index contributed by atoms with van der Waals surface area (Å²) in [6, 6.07) is 11.5. The average molecular weight is 340 g/mol. The van der Waals surface area contributed by atoms with Crippen molar-refractivity contribution in [2.24, 2.45) is 5.92 Å². The Morgan fingerprint density at radius 2 is 1.88 bits per heavy atom. The highest BCUT2D eigenvalue weighted by atomic mass is 16.1. The van der Waals surface area contributed by atoms with E-state index in [1.165, 1.54) is 0 Å². The number of rotatable bonds is 9. The summed E-state index contributed by atoms with van der Waals surface area (Å²) in [5, 5.41) is 6.24. The van der Waals surface area contributed by atoms with Crippen LogP contribution in [0.1, 0.15) is 50.5 Å². The summed E-state index contributed by atoms with van der Waals surface area (Å²) in [5.41, 5.74) is 1.30. The molecule has 0 spiro atoms. The van der Waals surface area contributed by atoms with Gasteiger partial charge in [0, 0.05) is 24.7 Å². The van der Waals surface area contributed by atoms with Gasteiger partial charge in [-0.25, -0.2) is 9.97 Å². The molecule has 0 atom stereocenters. The number of amides is 1. The summed E-state index contributed by atoms with van der Waals surface area (Å²) in [6.45, 7) is 7.95. The van der Waals surface area contributed by atoms with Crippen molar-refractivity contribution in [3.8, 4) is 11.4 Å². The number of hydrogen-bond donors (Lipinski definition) is 2. The SMILES string of the molecule is CCCCNC(=O)c1cc(NCCC(C)C)nc(-c2ccccc2)n1. The first kappa shape index (κ1) is 18.9. The summed E-state index contributed by atoms with van der Waals surface area (Å²) in [7, 11) is 0. The second-order valence-corrected chi connectivity index (χ2v) is 6.55. The average Bonchev–Trinajstić information content (AvgIpc) is 2.62. The zero-order chi connectivity index (χ0) is 18.1. The lowest BCUT2D eigenvalue weighted by atomic mass is 10.1. The molecule has 0 aliphatic rings. The van der Waals surface area contributed by atoms with E-state index in [2.05, 4.69) is 41.4 Å². The fraction of sp³-hybridized carbons (Fsp3) is 0.450. The molecular weight excluding hydrogens is 312 g/mol. The highest BCUT2D eigenvalue weighted by Crippen LogP contribution is 2.18. The minimum absolute atomic E-state index is 0.153. The van der Waals surface area contributed by atoms with Crippen LogP contribution in [0.4, 0.5) is 5.82 Å². The van der Waals surface area contributed by atoms with Crippen LogP contribution in [0.2, 0.25) is 0 Å². The predicted molar refractivity (Wildman–Crippen MR) is 103 cm³/mol. The third-order valence-corrected chi connectivity index (χ3v) is 3.83. The van der Waals surface area contributed by atoms with E-state index in [9.17, 15) is 4.79 Å². The largest absolute Gasteiger partial charge is 0.370 e. The minimum Gasteiger partial charge on any atom is -0.370 e. The zero-order valence-corrected chi connectivity index (χ0v) is 15.4. The van der Waals surface area contributed by atoms with Crippen molar-refractivity contribution in [1.29, 1.82) is 0 Å². The van der Waals surface area contributed by atoms with E-state index in [-0.39, 0.29) is 5.91 Å². The lowest BCUT2D eigenvalue weighted by Crippen LogP contribution is -2.26. The van der Waals surface area contributed by atoms with E-state index in [1.54, 1.807) is 6.07 Å². The van der Waals surface area contributed by atoms with E-state index >= 15 is 0 Å². The maximum atomic E-state index is 12.4. The number of hydrogen-bond acceptors (Lipinski definition) is 4. The van der Waals surface area contributed by atoms with Gasteiger partial charge in [-0.2, -0.15) is 0 Å². The number of unbranched alkanes of at least 4 members (excludes halogenated alkanes) is 1. The number of carbonyl (C=O) groups excluding carboxylic acids is 1. The Bertz CT molecular complexity index is 671. The molecule has 2 N–H and O–H groups in total. The maximum absolute atomic E-state index is 12.4. The fourth-order valence-electron chi connectivity index (χ4n) is 2.33. The molecule has 25 heavy (non-hydrogen) atoms. The fourth-order valence-corrected chi connectivity index (χ4v) is 2.33. The quantitative estimate of drug-likeness (QED) is 0.674. The zero-order valence-electron chi connectivity index (χ0n) is 15.4. The Morgan fingerprint density at radius 3 is 2.56 bits per heavy atom. The van der Waals surface area contributed by atoms with E-state index in [1.807, 2.05) is 30.3 Å². The molecule has 0 saturated carbocycles. The van der Waals surface area contributed by atoms with E-state index in [4.69, 9.17) is 0 Å². The molecule has 1 heterocycles. The van der Waals surface area contributed by atoms with Gasteiger partial charge in [0.25, 0.3) is 5.91 Å². The van der Waals surface area contributed by atoms with Crippen LogP contribution in [-0.2, 0) is 0 Å². The summed E-state index contributed by atoms with van der Waals surface area (Å²) < 4.78 is 0. The first-order valence-electron chi connectivity index (χ1n) is 9.06. The van der Waals surface area contributed by atoms with Crippen molar-refractivity contribution in [2.75, 3.05) is 18.4 Å². The van der Waals surface area contributed by atoms with Crippen LogP contribution < -0.4 is 10.6 Å². The topological polar surface area (TPSA) is 66.9 Å². The molecular formula is C20H28N4O. The third-order valence-electron chi connectivity index (χ3n) is 3.83. The van der Waals surface area contributed by atoms with Crippen LogP contribution in [0, 0.1) is 5.92 Å². The first-order chi connectivity index (χ1) is 12.1. The molecule has 0 aliphatic carbocycles. The van der Waals surface area contributed by atoms with Crippen molar-refractivity contribution in [1.82, 2.24) is 15.3 Å². The minimum atomic E-state index is -0.153. The molecule has 0 unspecified atom stereocenters. The smallest absolute Gasteiger partial charge is 0.270 e. The van der Waals surface area contributed by atoms with Gasteiger partial charge in [0.2, 0.25) is 0 Å². The van der Waals surface area contributed by atoms with Crippen LogP contribution in [0.15, 0.2) is 36.4 Å². The van der Waals surface area contributed by atoms with Gasteiger partial charge in [-0.1, -0.05) is 57.5 Å². The molecule has 0 saturated heterocycles. The van der Waals surface area contributed by atoms with E-state index < -0.39 is 0 Å². The summed E-state index contributed by atoms with van der Waals surface area (Å²) in [6.07, 6.45) is 3.05. The highest BCUT2D eigenvalue weighted by Gasteiger charge is 2.12. The van der Waals surface area contributed by atoms with Gasteiger partial charge in [-0.05, 0) is 18.8 Å². The van der Waals surface area contributed by atoms with Gasteiger partial charge in [-0.3, -0.25) is 4.79 Å². The standard InChI is InChI=1S/C20H28N4O/c1-4-5-12-22-20(25)17-14-18(21-13-11-15(2)3)24-19(23-17)16-9-7-6-8-10-16/h6-10,14-15H,4-5,11-13H2,1-3H3,(H,22,25)(H,21,23,24). The van der Waals surface area contributed by atoms with Gasteiger partial charge in [0.1, 0.15) is 11.5 Å². The number of anilines is 1.